The first-order chi connectivity index (χ1) is 10.1. The van der Waals surface area contributed by atoms with E-state index in [2.05, 4.69) is 0 Å². The number of amides is 2. The molecule has 1 saturated heterocycles. The van der Waals surface area contributed by atoms with E-state index < -0.39 is 18.1 Å². The van der Waals surface area contributed by atoms with Crippen molar-refractivity contribution >= 4 is 11.8 Å². The van der Waals surface area contributed by atoms with Crippen molar-refractivity contribution < 1.29 is 14.0 Å². The Balaban J connectivity index is 1.64. The number of hydrogen-bond acceptors (Lipinski definition) is 3. The fourth-order valence-corrected chi connectivity index (χ4v) is 3.81. The molecule has 2 atom stereocenters. The van der Waals surface area contributed by atoms with Crippen LogP contribution in [0, 0.1) is 0 Å². The van der Waals surface area contributed by atoms with Gasteiger partial charge in [-0.25, -0.2) is 4.39 Å². The van der Waals surface area contributed by atoms with Gasteiger partial charge in [0.05, 0.1) is 12.6 Å². The van der Waals surface area contributed by atoms with Crippen molar-refractivity contribution in [3.8, 4) is 0 Å². The Labute approximate surface area is 124 Å². The average molecular weight is 297 g/mol. The van der Waals surface area contributed by atoms with Gasteiger partial charge >= 0.3 is 0 Å². The van der Waals surface area contributed by atoms with E-state index in [0.717, 1.165) is 25.7 Å². The number of primary amides is 1. The third-order valence-electron chi connectivity index (χ3n) is 4.97. The lowest BCUT2D eigenvalue weighted by molar-refractivity contribution is -0.136. The molecule has 1 aliphatic heterocycles. The van der Waals surface area contributed by atoms with Gasteiger partial charge in [-0.05, 0) is 25.7 Å². The molecule has 118 valence electrons. The van der Waals surface area contributed by atoms with Crippen LogP contribution in [0.25, 0.3) is 0 Å². The number of nitrogens with two attached hydrogens (primary N) is 1. The number of carbonyl (C=O) groups is 2. The Morgan fingerprint density at radius 3 is 2.33 bits per heavy atom. The molecule has 2 amide bonds. The van der Waals surface area contributed by atoms with Crippen LogP contribution >= 0.6 is 0 Å². The molecule has 0 radical (unpaired) electrons. The fourth-order valence-electron chi connectivity index (χ4n) is 3.81. The van der Waals surface area contributed by atoms with Crippen LogP contribution in [0.1, 0.15) is 44.9 Å². The SMILES string of the molecule is NC(=O)[C@@H]1C[C@@H](F)CN1CC(=O)N(C1CCCC1)C1CC1. The van der Waals surface area contributed by atoms with Crippen molar-refractivity contribution in [1.29, 1.82) is 0 Å². The van der Waals surface area contributed by atoms with Crippen molar-refractivity contribution in [3.63, 3.8) is 0 Å². The van der Waals surface area contributed by atoms with Crippen molar-refractivity contribution in [3.05, 3.63) is 0 Å². The van der Waals surface area contributed by atoms with E-state index in [1.165, 1.54) is 12.8 Å². The van der Waals surface area contributed by atoms with E-state index in [4.69, 9.17) is 5.73 Å². The molecular formula is C15H24FN3O2. The molecular weight excluding hydrogens is 273 g/mol. The van der Waals surface area contributed by atoms with E-state index >= 15 is 0 Å². The number of hydrogen-bond donors (Lipinski definition) is 1. The number of nitrogens with zero attached hydrogens (tertiary/aromatic N) is 2. The summed E-state index contributed by atoms with van der Waals surface area (Å²) in [5, 5.41) is 0. The Bertz CT molecular complexity index is 421. The van der Waals surface area contributed by atoms with Gasteiger partial charge in [-0.1, -0.05) is 12.8 Å². The van der Waals surface area contributed by atoms with Gasteiger partial charge in [-0.15, -0.1) is 0 Å². The van der Waals surface area contributed by atoms with Crippen LogP contribution in [0.3, 0.4) is 0 Å². The summed E-state index contributed by atoms with van der Waals surface area (Å²) >= 11 is 0. The Kier molecular flexibility index (Phi) is 4.15. The molecule has 2 saturated carbocycles. The Hall–Kier alpha value is -1.17. The molecule has 0 spiro atoms. The summed E-state index contributed by atoms with van der Waals surface area (Å²) in [6, 6.07) is 0.0887. The number of likely N-dealkylation sites (tertiary alicyclic amines) is 1. The van der Waals surface area contributed by atoms with Crippen molar-refractivity contribution in [1.82, 2.24) is 9.80 Å². The van der Waals surface area contributed by atoms with Gasteiger partial charge in [-0.2, -0.15) is 0 Å². The number of halogens is 1. The number of alkyl halides is 1. The molecule has 2 aliphatic carbocycles. The Morgan fingerprint density at radius 2 is 1.76 bits per heavy atom. The molecule has 6 heteroatoms. The monoisotopic (exact) mass is 297 g/mol. The van der Waals surface area contributed by atoms with E-state index in [1.807, 2.05) is 4.90 Å². The Morgan fingerprint density at radius 1 is 1.14 bits per heavy atom. The molecule has 1 heterocycles. The minimum Gasteiger partial charge on any atom is -0.368 e. The lowest BCUT2D eigenvalue weighted by Gasteiger charge is -2.31. The van der Waals surface area contributed by atoms with Gasteiger partial charge in [0.2, 0.25) is 11.8 Å². The zero-order valence-electron chi connectivity index (χ0n) is 12.3. The molecule has 21 heavy (non-hydrogen) atoms. The minimum atomic E-state index is -1.06. The first-order valence-corrected chi connectivity index (χ1v) is 8.05. The van der Waals surface area contributed by atoms with Crippen LogP contribution in [0.15, 0.2) is 0 Å². The third-order valence-corrected chi connectivity index (χ3v) is 4.97. The minimum absolute atomic E-state index is 0.0461. The summed E-state index contributed by atoms with van der Waals surface area (Å²) in [7, 11) is 0. The topological polar surface area (TPSA) is 66.6 Å². The van der Waals surface area contributed by atoms with E-state index in [1.54, 1.807) is 4.90 Å². The van der Waals surface area contributed by atoms with Crippen LogP contribution in [0.4, 0.5) is 4.39 Å². The van der Waals surface area contributed by atoms with Crippen LogP contribution < -0.4 is 5.73 Å². The third kappa shape index (κ3) is 3.20. The molecule has 0 bridgehead atoms. The van der Waals surface area contributed by atoms with Gasteiger partial charge in [0.1, 0.15) is 6.17 Å². The lowest BCUT2D eigenvalue weighted by atomic mass is 10.2. The van der Waals surface area contributed by atoms with E-state index in [9.17, 15) is 14.0 Å². The molecule has 3 fully saturated rings. The van der Waals surface area contributed by atoms with Gasteiger partial charge in [0.15, 0.2) is 0 Å². The molecule has 0 aromatic rings. The highest BCUT2D eigenvalue weighted by Gasteiger charge is 2.41. The first-order valence-electron chi connectivity index (χ1n) is 8.05. The largest absolute Gasteiger partial charge is 0.368 e. The van der Waals surface area contributed by atoms with E-state index in [0.29, 0.717) is 12.1 Å². The standard InChI is InChI=1S/C15H24FN3O2/c16-10-7-13(15(17)21)18(8-10)9-14(20)19(12-5-6-12)11-3-1-2-4-11/h10-13H,1-9H2,(H2,17,21)/t10-,13+/m1/s1. The molecule has 3 aliphatic rings. The summed E-state index contributed by atoms with van der Waals surface area (Å²) in [5.74, 6) is -0.480. The highest BCUT2D eigenvalue weighted by atomic mass is 19.1. The van der Waals surface area contributed by atoms with Crippen LogP contribution in [0.5, 0.6) is 0 Å². The normalized spacial score (nSPS) is 30.7. The zero-order valence-corrected chi connectivity index (χ0v) is 12.3. The van der Waals surface area contributed by atoms with Gasteiger partial charge in [0.25, 0.3) is 0 Å². The van der Waals surface area contributed by atoms with Crippen LogP contribution in [-0.4, -0.2) is 59.0 Å². The van der Waals surface area contributed by atoms with Gasteiger partial charge < -0.3 is 10.6 Å². The molecule has 2 N–H and O–H groups in total. The number of rotatable bonds is 5. The van der Waals surface area contributed by atoms with Gasteiger partial charge in [0, 0.05) is 25.0 Å². The highest BCUT2D eigenvalue weighted by Crippen LogP contribution is 2.35. The molecule has 0 aromatic carbocycles. The predicted molar refractivity (Wildman–Crippen MR) is 76.2 cm³/mol. The van der Waals surface area contributed by atoms with Crippen molar-refractivity contribution in [2.75, 3.05) is 13.1 Å². The lowest BCUT2D eigenvalue weighted by Crippen LogP contribution is -2.49. The maximum Gasteiger partial charge on any atom is 0.237 e. The molecule has 0 unspecified atom stereocenters. The quantitative estimate of drug-likeness (QED) is 0.817. The summed E-state index contributed by atoms with van der Waals surface area (Å²) < 4.78 is 13.5. The second kappa shape index (κ2) is 5.91. The molecule has 3 rings (SSSR count). The maximum absolute atomic E-state index is 13.5. The van der Waals surface area contributed by atoms with E-state index in [-0.39, 0.29) is 25.4 Å². The fraction of sp³-hybridized carbons (Fsp3) is 0.867. The van der Waals surface area contributed by atoms with Crippen LogP contribution in [0.2, 0.25) is 0 Å². The van der Waals surface area contributed by atoms with Crippen LogP contribution in [-0.2, 0) is 9.59 Å². The zero-order chi connectivity index (χ0) is 15.0. The van der Waals surface area contributed by atoms with Crippen molar-refractivity contribution in [2.24, 2.45) is 5.73 Å². The molecule has 0 aromatic heterocycles. The average Bonchev–Trinajstić information content (AvgIpc) is 2.95. The summed E-state index contributed by atoms with van der Waals surface area (Å²) in [5.41, 5.74) is 5.32. The summed E-state index contributed by atoms with van der Waals surface area (Å²) in [4.78, 5) is 27.7. The predicted octanol–water partition coefficient (Wildman–Crippen LogP) is 0.818. The second-order valence-corrected chi connectivity index (χ2v) is 6.65. The highest BCUT2D eigenvalue weighted by molar-refractivity contribution is 5.83. The maximum atomic E-state index is 13.5. The smallest absolute Gasteiger partial charge is 0.237 e. The first kappa shape index (κ1) is 14.8. The summed E-state index contributed by atoms with van der Waals surface area (Å²) in [6.07, 6.45) is 5.73. The second-order valence-electron chi connectivity index (χ2n) is 6.65. The molecule has 5 nitrogen and oxygen atoms in total. The van der Waals surface area contributed by atoms with Crippen molar-refractivity contribution in [2.45, 2.75) is 69.2 Å². The van der Waals surface area contributed by atoms with Gasteiger partial charge in [-0.3, -0.25) is 14.5 Å². The summed E-state index contributed by atoms with van der Waals surface area (Å²) in [6.45, 7) is 0.267. The number of carbonyl (C=O) groups excluding carboxylic acids is 2.